The Morgan fingerprint density at radius 2 is 2.00 bits per heavy atom. The number of hydrogen-bond acceptors (Lipinski definition) is 3. The molecule has 0 aliphatic heterocycles. The van der Waals surface area contributed by atoms with E-state index in [1.54, 1.807) is 0 Å². The zero-order chi connectivity index (χ0) is 15.5. The van der Waals surface area contributed by atoms with E-state index in [9.17, 15) is 4.79 Å². The van der Waals surface area contributed by atoms with Gasteiger partial charge in [0, 0.05) is 12.1 Å². The summed E-state index contributed by atoms with van der Waals surface area (Å²) in [5.74, 6) is 0.799. The van der Waals surface area contributed by atoms with Gasteiger partial charge in [0.2, 0.25) is 0 Å². The molecule has 2 fully saturated rings. The maximum atomic E-state index is 10.8. The molecule has 120 valence electrons. The van der Waals surface area contributed by atoms with Crippen LogP contribution in [0.1, 0.15) is 37.7 Å². The van der Waals surface area contributed by atoms with Crippen LogP contribution < -0.4 is 5.32 Å². The fraction of sp³-hybridized carbons (Fsp3) is 0.611. The van der Waals surface area contributed by atoms with Gasteiger partial charge in [-0.2, -0.15) is 0 Å². The van der Waals surface area contributed by atoms with E-state index in [4.69, 9.17) is 5.11 Å². The molecule has 2 aliphatic rings. The van der Waals surface area contributed by atoms with Crippen molar-refractivity contribution in [2.45, 2.75) is 44.2 Å². The predicted octanol–water partition coefficient (Wildman–Crippen LogP) is 2.32. The number of likely N-dealkylation sites (N-methyl/N-ethyl adjacent to an activating group) is 1. The Bertz CT molecular complexity index is 499. The highest BCUT2D eigenvalue weighted by Crippen LogP contribution is 2.47. The number of hydrogen-bond donors (Lipinski definition) is 2. The first-order chi connectivity index (χ1) is 10.7. The van der Waals surface area contributed by atoms with Gasteiger partial charge >= 0.3 is 5.97 Å². The van der Waals surface area contributed by atoms with Crippen LogP contribution in [-0.2, 0) is 4.79 Å². The van der Waals surface area contributed by atoms with Crippen LogP contribution in [0.15, 0.2) is 30.3 Å². The van der Waals surface area contributed by atoms with Crippen molar-refractivity contribution in [1.82, 2.24) is 10.2 Å². The highest BCUT2D eigenvalue weighted by Gasteiger charge is 2.40. The molecule has 2 aliphatic carbocycles. The Balaban J connectivity index is 1.35. The summed E-state index contributed by atoms with van der Waals surface area (Å²) in [6.45, 7) is 4.13. The third kappa shape index (κ3) is 3.68. The molecule has 1 aromatic carbocycles. The van der Waals surface area contributed by atoms with Gasteiger partial charge in [0.05, 0.1) is 6.54 Å². The van der Waals surface area contributed by atoms with Gasteiger partial charge in [-0.15, -0.1) is 0 Å². The summed E-state index contributed by atoms with van der Waals surface area (Å²) < 4.78 is 0. The molecule has 4 nitrogen and oxygen atoms in total. The first-order valence-electron chi connectivity index (χ1n) is 8.41. The lowest BCUT2D eigenvalue weighted by molar-refractivity contribution is -0.139. The Morgan fingerprint density at radius 3 is 2.64 bits per heavy atom. The van der Waals surface area contributed by atoms with Crippen LogP contribution in [0.2, 0.25) is 0 Å². The molecule has 4 heteroatoms. The van der Waals surface area contributed by atoms with E-state index in [0.29, 0.717) is 12.1 Å². The van der Waals surface area contributed by atoms with Crippen molar-refractivity contribution in [2.75, 3.05) is 19.6 Å². The van der Waals surface area contributed by atoms with Crippen molar-refractivity contribution >= 4 is 5.97 Å². The highest BCUT2D eigenvalue weighted by atomic mass is 16.4. The Kier molecular flexibility index (Phi) is 4.79. The van der Waals surface area contributed by atoms with E-state index in [1.807, 2.05) is 6.92 Å². The molecule has 0 spiro atoms. The maximum Gasteiger partial charge on any atom is 0.317 e. The topological polar surface area (TPSA) is 52.6 Å². The molecule has 2 N–H and O–H groups in total. The van der Waals surface area contributed by atoms with Crippen LogP contribution in [0, 0.1) is 5.92 Å². The van der Waals surface area contributed by atoms with E-state index < -0.39 is 5.97 Å². The number of nitrogens with one attached hydrogen (secondary N) is 1. The van der Waals surface area contributed by atoms with E-state index in [1.165, 1.54) is 12.0 Å². The molecule has 1 aromatic rings. The Morgan fingerprint density at radius 1 is 1.27 bits per heavy atom. The first kappa shape index (κ1) is 15.5. The lowest BCUT2D eigenvalue weighted by Crippen LogP contribution is -2.54. The van der Waals surface area contributed by atoms with E-state index >= 15 is 0 Å². The molecule has 3 rings (SSSR count). The molecule has 2 unspecified atom stereocenters. The second kappa shape index (κ2) is 6.80. The zero-order valence-corrected chi connectivity index (χ0v) is 13.2. The first-order valence-corrected chi connectivity index (χ1v) is 8.41. The fourth-order valence-electron chi connectivity index (χ4n) is 3.63. The van der Waals surface area contributed by atoms with Gasteiger partial charge in [-0.05, 0) is 49.8 Å². The summed E-state index contributed by atoms with van der Waals surface area (Å²) in [6, 6.07) is 11.8. The number of nitrogens with zero attached hydrogens (tertiary/aromatic N) is 1. The number of carbonyl (C=O) groups is 1. The molecule has 0 radical (unpaired) electrons. The van der Waals surface area contributed by atoms with Gasteiger partial charge in [0.15, 0.2) is 0 Å². The van der Waals surface area contributed by atoms with Crippen molar-refractivity contribution in [2.24, 2.45) is 5.92 Å². The minimum Gasteiger partial charge on any atom is -0.480 e. The highest BCUT2D eigenvalue weighted by molar-refractivity contribution is 5.69. The van der Waals surface area contributed by atoms with Crippen molar-refractivity contribution in [3.05, 3.63) is 35.9 Å². The van der Waals surface area contributed by atoms with Crippen molar-refractivity contribution in [3.63, 3.8) is 0 Å². The third-order valence-electron chi connectivity index (χ3n) is 5.19. The maximum absolute atomic E-state index is 10.8. The molecule has 0 saturated heterocycles. The van der Waals surface area contributed by atoms with Gasteiger partial charge in [-0.1, -0.05) is 37.3 Å². The molecule has 2 saturated carbocycles. The predicted molar refractivity (Wildman–Crippen MR) is 87.0 cm³/mol. The monoisotopic (exact) mass is 302 g/mol. The molecule has 0 amide bonds. The summed E-state index contributed by atoms with van der Waals surface area (Å²) in [5, 5.41) is 12.6. The SMILES string of the molecule is CCN(CC(=O)O)C1CC(NCC2CC2c2ccccc2)C1. The van der Waals surface area contributed by atoms with Crippen LogP contribution >= 0.6 is 0 Å². The number of carboxylic acid groups (broad SMARTS) is 1. The average Bonchev–Trinajstić information content (AvgIpc) is 3.24. The molecular weight excluding hydrogens is 276 g/mol. The van der Waals surface area contributed by atoms with E-state index in [0.717, 1.165) is 37.8 Å². The van der Waals surface area contributed by atoms with Gasteiger partial charge < -0.3 is 10.4 Å². The molecule has 0 aromatic heterocycles. The molecular formula is C18H26N2O2. The molecule has 22 heavy (non-hydrogen) atoms. The van der Waals surface area contributed by atoms with Crippen molar-refractivity contribution < 1.29 is 9.90 Å². The van der Waals surface area contributed by atoms with Crippen LogP contribution in [-0.4, -0.2) is 47.7 Å². The number of aliphatic carboxylic acids is 1. The Labute approximate surface area is 132 Å². The summed E-state index contributed by atoms with van der Waals surface area (Å²) in [7, 11) is 0. The fourth-order valence-corrected chi connectivity index (χ4v) is 3.63. The second-order valence-corrected chi connectivity index (χ2v) is 6.70. The van der Waals surface area contributed by atoms with Crippen molar-refractivity contribution in [1.29, 1.82) is 0 Å². The third-order valence-corrected chi connectivity index (χ3v) is 5.19. The van der Waals surface area contributed by atoms with Gasteiger partial charge in [0.25, 0.3) is 0 Å². The summed E-state index contributed by atoms with van der Waals surface area (Å²) in [6.07, 6.45) is 3.47. The molecule has 2 atom stereocenters. The van der Waals surface area contributed by atoms with Gasteiger partial charge in [0.1, 0.15) is 0 Å². The van der Waals surface area contributed by atoms with Crippen LogP contribution in [0.4, 0.5) is 0 Å². The van der Waals surface area contributed by atoms with Crippen LogP contribution in [0.25, 0.3) is 0 Å². The number of rotatable bonds is 8. The normalized spacial score (nSPS) is 30.1. The largest absolute Gasteiger partial charge is 0.480 e. The van der Waals surface area contributed by atoms with Gasteiger partial charge in [-0.3, -0.25) is 9.69 Å². The van der Waals surface area contributed by atoms with Crippen LogP contribution in [0.3, 0.4) is 0 Å². The number of benzene rings is 1. The summed E-state index contributed by atoms with van der Waals surface area (Å²) >= 11 is 0. The standard InChI is InChI=1S/C18H26N2O2/c1-2-20(12-18(21)22)16-9-15(10-16)19-11-14-8-17(14)13-6-4-3-5-7-13/h3-7,14-17,19H,2,8-12H2,1H3,(H,21,22). The lowest BCUT2D eigenvalue weighted by atomic mass is 9.85. The lowest BCUT2D eigenvalue weighted by Gasteiger charge is -2.42. The molecule has 0 heterocycles. The van der Waals surface area contributed by atoms with E-state index in [2.05, 4.69) is 40.5 Å². The van der Waals surface area contributed by atoms with Gasteiger partial charge in [-0.25, -0.2) is 0 Å². The second-order valence-electron chi connectivity index (χ2n) is 6.70. The van der Waals surface area contributed by atoms with Crippen LogP contribution in [0.5, 0.6) is 0 Å². The minimum absolute atomic E-state index is 0.173. The minimum atomic E-state index is -0.720. The zero-order valence-electron chi connectivity index (χ0n) is 13.2. The average molecular weight is 302 g/mol. The molecule has 0 bridgehead atoms. The smallest absolute Gasteiger partial charge is 0.317 e. The Hall–Kier alpha value is -1.39. The van der Waals surface area contributed by atoms with Crippen molar-refractivity contribution in [3.8, 4) is 0 Å². The quantitative estimate of drug-likeness (QED) is 0.774. The number of carboxylic acids is 1. The summed E-state index contributed by atoms with van der Waals surface area (Å²) in [4.78, 5) is 12.9. The summed E-state index contributed by atoms with van der Waals surface area (Å²) in [5.41, 5.74) is 1.47. The van der Waals surface area contributed by atoms with E-state index in [-0.39, 0.29) is 6.54 Å².